The number of hydrogen-bond donors (Lipinski definition) is 1. The molecule has 1 aliphatic carbocycles. The first kappa shape index (κ1) is 20.6. The van der Waals surface area contributed by atoms with Crippen LogP contribution < -0.4 is 5.32 Å². The number of hydrogen-bond acceptors (Lipinski definition) is 8. The van der Waals surface area contributed by atoms with Crippen LogP contribution in [0, 0.1) is 11.8 Å². The lowest BCUT2D eigenvalue weighted by atomic mass is 9.81. The highest BCUT2D eigenvalue weighted by Gasteiger charge is 2.70. The highest BCUT2D eigenvalue weighted by molar-refractivity contribution is 5.90. The zero-order chi connectivity index (χ0) is 21.0. The normalized spacial score (nSPS) is 38.5. The van der Waals surface area contributed by atoms with Crippen molar-refractivity contribution >= 4 is 17.8 Å². The molecule has 162 valence electrons. The van der Waals surface area contributed by atoms with Crippen LogP contribution >= 0.6 is 0 Å². The number of carbonyl (C=O) groups is 3. The predicted molar refractivity (Wildman–Crippen MR) is 97.8 cm³/mol. The molecule has 9 nitrogen and oxygen atoms in total. The molecule has 0 unspecified atom stereocenters. The first-order chi connectivity index (χ1) is 13.6. The van der Waals surface area contributed by atoms with E-state index in [9.17, 15) is 14.4 Å². The van der Waals surface area contributed by atoms with Gasteiger partial charge in [0.1, 0.15) is 11.2 Å². The van der Waals surface area contributed by atoms with Crippen molar-refractivity contribution in [1.82, 2.24) is 5.32 Å². The van der Waals surface area contributed by atoms with E-state index in [-0.39, 0.29) is 36.4 Å². The number of rotatable bonds is 5. The summed E-state index contributed by atoms with van der Waals surface area (Å²) in [4.78, 5) is 36.8. The smallest absolute Gasteiger partial charge is 0.408 e. The molecule has 1 saturated carbocycles. The van der Waals surface area contributed by atoms with E-state index in [1.54, 1.807) is 20.8 Å². The van der Waals surface area contributed by atoms with Gasteiger partial charge in [-0.3, -0.25) is 4.79 Å². The Morgan fingerprint density at radius 1 is 1.34 bits per heavy atom. The van der Waals surface area contributed by atoms with Gasteiger partial charge in [0.25, 0.3) is 0 Å². The third kappa shape index (κ3) is 3.53. The molecule has 4 aliphatic rings. The van der Waals surface area contributed by atoms with Gasteiger partial charge in [-0.1, -0.05) is 0 Å². The van der Waals surface area contributed by atoms with Gasteiger partial charge in [-0.05, 0) is 40.0 Å². The Morgan fingerprint density at radius 2 is 2.10 bits per heavy atom. The van der Waals surface area contributed by atoms with Crippen LogP contribution in [0.5, 0.6) is 0 Å². The second kappa shape index (κ2) is 7.21. The molecule has 3 saturated heterocycles. The molecule has 0 aromatic carbocycles. The van der Waals surface area contributed by atoms with E-state index < -0.39 is 35.6 Å². The van der Waals surface area contributed by atoms with Crippen LogP contribution in [0.25, 0.3) is 0 Å². The Bertz CT molecular complexity index is 703. The Hall–Kier alpha value is -1.71. The van der Waals surface area contributed by atoms with Crippen molar-refractivity contribution in [2.45, 2.75) is 82.2 Å². The van der Waals surface area contributed by atoms with E-state index in [1.165, 1.54) is 7.11 Å². The standard InChI is InChI=1S/C20H29NO8/c1-19(2,3)29-18(24)21-11(16(23)25-4)9-26-17-14-10-6-5-7-20(10)13(22)8-12(27-17)15(14)28-20/h10-12,14-15,17H,5-9H2,1-4H3,(H,21,24)/t10-,11-,12+,14-,15-,17-,20-/m0/s1. The Morgan fingerprint density at radius 3 is 2.79 bits per heavy atom. The maximum absolute atomic E-state index is 12.6. The van der Waals surface area contributed by atoms with E-state index in [4.69, 9.17) is 23.7 Å². The minimum absolute atomic E-state index is 0.0474. The lowest BCUT2D eigenvalue weighted by Crippen LogP contribution is -2.50. The monoisotopic (exact) mass is 411 g/mol. The largest absolute Gasteiger partial charge is 0.467 e. The number of methoxy groups -OCH3 is 1. The van der Waals surface area contributed by atoms with Crippen molar-refractivity contribution in [2.75, 3.05) is 13.7 Å². The molecule has 1 amide bonds. The van der Waals surface area contributed by atoms with E-state index in [2.05, 4.69) is 5.32 Å². The van der Waals surface area contributed by atoms with Crippen molar-refractivity contribution in [3.05, 3.63) is 0 Å². The minimum Gasteiger partial charge on any atom is -0.467 e. The number of ether oxygens (including phenoxy) is 5. The fraction of sp³-hybridized carbons (Fsp3) is 0.850. The summed E-state index contributed by atoms with van der Waals surface area (Å²) in [7, 11) is 1.24. The minimum atomic E-state index is -1.03. The lowest BCUT2D eigenvalue weighted by Gasteiger charge is -2.36. The summed E-state index contributed by atoms with van der Waals surface area (Å²) < 4.78 is 28.1. The van der Waals surface area contributed by atoms with E-state index in [0.717, 1.165) is 19.3 Å². The molecule has 0 aromatic rings. The Balaban J connectivity index is 1.42. The number of carbonyl (C=O) groups excluding carboxylic acids is 3. The molecule has 2 bridgehead atoms. The van der Waals surface area contributed by atoms with E-state index in [1.807, 2.05) is 0 Å². The van der Waals surface area contributed by atoms with E-state index >= 15 is 0 Å². The van der Waals surface area contributed by atoms with Gasteiger partial charge in [-0.15, -0.1) is 0 Å². The van der Waals surface area contributed by atoms with Crippen LogP contribution in [-0.4, -0.2) is 67.3 Å². The van der Waals surface area contributed by atoms with Crippen LogP contribution in [0.15, 0.2) is 0 Å². The average molecular weight is 411 g/mol. The van der Waals surface area contributed by atoms with Crippen LogP contribution in [0.1, 0.15) is 46.5 Å². The van der Waals surface area contributed by atoms with Gasteiger partial charge in [0.05, 0.1) is 25.9 Å². The van der Waals surface area contributed by atoms with Gasteiger partial charge >= 0.3 is 12.1 Å². The number of amides is 1. The number of ketones is 1. The molecular formula is C20H29NO8. The fourth-order valence-electron chi connectivity index (χ4n) is 5.25. The van der Waals surface area contributed by atoms with Crippen LogP contribution in [0.3, 0.4) is 0 Å². The second-order valence-corrected chi connectivity index (χ2v) is 9.27. The number of esters is 1. The number of Topliss-reactive ketones (excluding diaryl/α,β-unsaturated/α-hetero) is 1. The number of alkyl carbamates (subject to hydrolysis) is 1. The average Bonchev–Trinajstić information content (AvgIpc) is 3.24. The molecule has 9 heteroatoms. The summed E-state index contributed by atoms with van der Waals surface area (Å²) in [6.07, 6.45) is 1.16. The molecule has 3 heterocycles. The molecule has 1 spiro atoms. The van der Waals surface area contributed by atoms with Crippen molar-refractivity contribution in [3.8, 4) is 0 Å². The van der Waals surface area contributed by atoms with Gasteiger partial charge in [-0.25, -0.2) is 9.59 Å². The maximum atomic E-state index is 12.6. The predicted octanol–water partition coefficient (Wildman–Crippen LogP) is 1.32. The van der Waals surface area contributed by atoms with Crippen molar-refractivity contribution in [3.63, 3.8) is 0 Å². The molecule has 7 atom stereocenters. The SMILES string of the molecule is COC(=O)[C@H](CO[C@H]1O[C@@H]2CC(=O)[C@]34CCC[C@H]3[C@H]1[C@H]2O4)NC(=O)OC(C)(C)C. The third-order valence-corrected chi connectivity index (χ3v) is 6.30. The first-order valence-electron chi connectivity index (χ1n) is 10.2. The van der Waals surface area contributed by atoms with Crippen molar-refractivity contribution in [2.24, 2.45) is 11.8 Å². The van der Waals surface area contributed by atoms with Gasteiger partial charge in [-0.2, -0.15) is 0 Å². The Kier molecular flexibility index (Phi) is 5.11. The molecular weight excluding hydrogens is 382 g/mol. The highest BCUT2D eigenvalue weighted by atomic mass is 16.7. The van der Waals surface area contributed by atoms with Gasteiger partial charge in [0, 0.05) is 18.3 Å². The molecule has 4 fully saturated rings. The number of fused-ring (bicyclic) bond motifs is 1. The zero-order valence-electron chi connectivity index (χ0n) is 17.3. The summed E-state index contributed by atoms with van der Waals surface area (Å²) in [6, 6.07) is -1.03. The third-order valence-electron chi connectivity index (χ3n) is 6.30. The van der Waals surface area contributed by atoms with Crippen LogP contribution in [0.4, 0.5) is 4.79 Å². The molecule has 0 radical (unpaired) electrons. The fourth-order valence-corrected chi connectivity index (χ4v) is 5.25. The number of nitrogens with one attached hydrogen (secondary N) is 1. The molecule has 4 rings (SSSR count). The van der Waals surface area contributed by atoms with E-state index in [0.29, 0.717) is 6.42 Å². The first-order valence-corrected chi connectivity index (χ1v) is 10.2. The molecule has 0 aromatic heterocycles. The van der Waals surface area contributed by atoms with Crippen LogP contribution in [-0.2, 0) is 33.3 Å². The van der Waals surface area contributed by atoms with Crippen LogP contribution in [0.2, 0.25) is 0 Å². The molecule has 1 N–H and O–H groups in total. The molecule has 3 aliphatic heterocycles. The maximum Gasteiger partial charge on any atom is 0.408 e. The van der Waals surface area contributed by atoms with Gasteiger partial charge in [0.15, 0.2) is 18.1 Å². The lowest BCUT2D eigenvalue weighted by molar-refractivity contribution is -0.197. The molecule has 29 heavy (non-hydrogen) atoms. The summed E-state index contributed by atoms with van der Waals surface area (Å²) in [6.45, 7) is 5.07. The van der Waals surface area contributed by atoms with Crippen molar-refractivity contribution < 1.29 is 38.1 Å². The summed E-state index contributed by atoms with van der Waals surface area (Å²) in [5, 5.41) is 2.49. The topological polar surface area (TPSA) is 109 Å². The second-order valence-electron chi connectivity index (χ2n) is 9.27. The summed E-state index contributed by atoms with van der Waals surface area (Å²) in [5.41, 5.74) is -1.37. The van der Waals surface area contributed by atoms with Gasteiger partial charge in [0.2, 0.25) is 0 Å². The highest BCUT2D eigenvalue weighted by Crippen LogP contribution is 2.60. The quantitative estimate of drug-likeness (QED) is 0.675. The van der Waals surface area contributed by atoms with Crippen molar-refractivity contribution in [1.29, 1.82) is 0 Å². The zero-order valence-corrected chi connectivity index (χ0v) is 17.3. The van der Waals surface area contributed by atoms with Gasteiger partial charge < -0.3 is 29.0 Å². The summed E-state index contributed by atoms with van der Waals surface area (Å²) in [5.74, 6) is -0.468. The Labute approximate surface area is 169 Å². The summed E-state index contributed by atoms with van der Waals surface area (Å²) >= 11 is 0.